The molecule has 0 aliphatic rings. The van der Waals surface area contributed by atoms with E-state index < -0.39 is 0 Å². The Morgan fingerprint density at radius 1 is 1.43 bits per heavy atom. The van der Waals surface area contributed by atoms with Crippen LogP contribution in [0.1, 0.15) is 23.2 Å². The molecule has 0 atom stereocenters. The second-order valence-corrected chi connectivity index (χ2v) is 5.99. The van der Waals surface area contributed by atoms with Gasteiger partial charge in [-0.2, -0.15) is 0 Å². The van der Waals surface area contributed by atoms with Crippen molar-refractivity contribution >= 4 is 32.7 Å². The first-order chi connectivity index (χ1) is 11.1. The van der Waals surface area contributed by atoms with Crippen molar-refractivity contribution < 1.29 is 9.18 Å². The van der Waals surface area contributed by atoms with Crippen LogP contribution in [0, 0.1) is 5.82 Å². The molecule has 120 valence electrons. The first-order valence-electron chi connectivity index (χ1n) is 7.21. The van der Waals surface area contributed by atoms with Crippen LogP contribution in [0.5, 0.6) is 0 Å². The first-order valence-corrected chi connectivity index (χ1v) is 8.00. The number of fused-ring (bicyclic) bond motifs is 1. The molecule has 2 aromatic heterocycles. The second-order valence-electron chi connectivity index (χ2n) is 5.07. The number of carbonyl (C=O) groups is 1. The van der Waals surface area contributed by atoms with Gasteiger partial charge in [0, 0.05) is 29.4 Å². The van der Waals surface area contributed by atoms with E-state index in [9.17, 15) is 9.18 Å². The number of aromatic nitrogens is 4. The van der Waals surface area contributed by atoms with E-state index in [1.807, 2.05) is 11.5 Å². The molecule has 0 radical (unpaired) electrons. The number of amides is 1. The Hall–Kier alpha value is -2.22. The van der Waals surface area contributed by atoms with Crippen molar-refractivity contribution in [3.05, 3.63) is 46.3 Å². The molecular weight excluding hydrogens is 365 g/mol. The molecular formula is C15H15BrFN5O. The summed E-state index contributed by atoms with van der Waals surface area (Å²) < 4.78 is 16.4. The second kappa shape index (κ2) is 6.49. The molecule has 0 spiro atoms. The molecule has 0 aliphatic heterocycles. The van der Waals surface area contributed by atoms with Crippen LogP contribution in [0.4, 0.5) is 4.39 Å². The Kier molecular flexibility index (Phi) is 4.42. The minimum Gasteiger partial charge on any atom is -0.350 e. The zero-order chi connectivity index (χ0) is 16.4. The molecule has 2 N–H and O–H groups in total. The van der Waals surface area contributed by atoms with E-state index in [4.69, 9.17) is 0 Å². The maximum Gasteiger partial charge on any atom is 0.267 e. The molecule has 6 nitrogen and oxygen atoms in total. The molecule has 0 saturated heterocycles. The maximum absolute atomic E-state index is 13.8. The number of H-pyrrole nitrogens is 1. The van der Waals surface area contributed by atoms with Gasteiger partial charge in [-0.25, -0.2) is 4.39 Å². The van der Waals surface area contributed by atoms with Gasteiger partial charge in [0.25, 0.3) is 5.91 Å². The van der Waals surface area contributed by atoms with Crippen LogP contribution in [0.15, 0.2) is 29.0 Å². The van der Waals surface area contributed by atoms with Gasteiger partial charge in [-0.05, 0) is 25.1 Å². The van der Waals surface area contributed by atoms with Crippen molar-refractivity contribution in [2.75, 3.05) is 6.54 Å². The average molecular weight is 380 g/mol. The molecule has 3 aromatic rings. The lowest BCUT2D eigenvalue weighted by molar-refractivity contribution is 0.0949. The Morgan fingerprint density at radius 2 is 2.26 bits per heavy atom. The van der Waals surface area contributed by atoms with Gasteiger partial charge in [-0.15, -0.1) is 10.2 Å². The van der Waals surface area contributed by atoms with E-state index in [0.29, 0.717) is 34.0 Å². The molecule has 1 aromatic carbocycles. The van der Waals surface area contributed by atoms with Gasteiger partial charge in [0.2, 0.25) is 0 Å². The van der Waals surface area contributed by atoms with Crippen molar-refractivity contribution in [2.24, 2.45) is 0 Å². The maximum atomic E-state index is 13.8. The summed E-state index contributed by atoms with van der Waals surface area (Å²) in [6.45, 7) is 3.22. The predicted octanol–water partition coefficient (Wildman–Crippen LogP) is 2.65. The topological polar surface area (TPSA) is 75.6 Å². The average Bonchev–Trinajstić information content (AvgIpc) is 3.13. The number of rotatable bonds is 5. The van der Waals surface area contributed by atoms with Crippen LogP contribution in [-0.2, 0) is 13.0 Å². The Labute approximate surface area is 140 Å². The van der Waals surface area contributed by atoms with Crippen molar-refractivity contribution in [1.29, 1.82) is 0 Å². The minimum absolute atomic E-state index is 0.278. The van der Waals surface area contributed by atoms with Crippen molar-refractivity contribution in [2.45, 2.75) is 19.9 Å². The fraction of sp³-hybridized carbons (Fsp3) is 0.267. The van der Waals surface area contributed by atoms with Gasteiger partial charge in [-0.1, -0.05) is 15.9 Å². The summed E-state index contributed by atoms with van der Waals surface area (Å²) >= 11 is 3.23. The van der Waals surface area contributed by atoms with E-state index in [2.05, 4.69) is 36.4 Å². The smallest absolute Gasteiger partial charge is 0.267 e. The number of halogens is 2. The fourth-order valence-corrected chi connectivity index (χ4v) is 2.83. The highest BCUT2D eigenvalue weighted by atomic mass is 79.9. The summed E-state index contributed by atoms with van der Waals surface area (Å²) in [7, 11) is 0. The van der Waals surface area contributed by atoms with Crippen LogP contribution in [0.25, 0.3) is 10.9 Å². The molecule has 2 heterocycles. The van der Waals surface area contributed by atoms with Gasteiger partial charge >= 0.3 is 0 Å². The first kappa shape index (κ1) is 15.7. The lowest BCUT2D eigenvalue weighted by Crippen LogP contribution is -2.26. The molecule has 23 heavy (non-hydrogen) atoms. The van der Waals surface area contributed by atoms with E-state index in [1.54, 1.807) is 12.4 Å². The van der Waals surface area contributed by atoms with Crippen LogP contribution in [0.2, 0.25) is 0 Å². The van der Waals surface area contributed by atoms with E-state index in [0.717, 1.165) is 12.4 Å². The molecule has 0 aliphatic carbocycles. The molecule has 0 fully saturated rings. The highest BCUT2D eigenvalue weighted by Gasteiger charge is 2.13. The van der Waals surface area contributed by atoms with Crippen LogP contribution < -0.4 is 5.32 Å². The summed E-state index contributed by atoms with van der Waals surface area (Å²) in [5.74, 6) is 0.166. The number of hydrogen-bond acceptors (Lipinski definition) is 3. The van der Waals surface area contributed by atoms with Gasteiger partial charge < -0.3 is 14.9 Å². The third kappa shape index (κ3) is 3.26. The molecule has 0 bridgehead atoms. The Balaban J connectivity index is 1.68. The van der Waals surface area contributed by atoms with E-state index in [-0.39, 0.29) is 11.7 Å². The van der Waals surface area contributed by atoms with Gasteiger partial charge in [0.05, 0.1) is 5.52 Å². The quantitative estimate of drug-likeness (QED) is 0.715. The monoisotopic (exact) mass is 379 g/mol. The van der Waals surface area contributed by atoms with Crippen LogP contribution >= 0.6 is 15.9 Å². The van der Waals surface area contributed by atoms with Gasteiger partial charge in [0.15, 0.2) is 0 Å². The van der Waals surface area contributed by atoms with E-state index >= 15 is 0 Å². The fourth-order valence-electron chi connectivity index (χ4n) is 2.40. The molecule has 1 amide bonds. The highest BCUT2D eigenvalue weighted by Crippen LogP contribution is 2.23. The van der Waals surface area contributed by atoms with Gasteiger partial charge in [-0.3, -0.25) is 4.79 Å². The summed E-state index contributed by atoms with van der Waals surface area (Å²) in [5.41, 5.74) is 0.904. The number of carbonyl (C=O) groups excluding carboxylic acids is 1. The van der Waals surface area contributed by atoms with Gasteiger partial charge in [0.1, 0.15) is 23.7 Å². The zero-order valence-electron chi connectivity index (χ0n) is 12.4. The standard InChI is InChI=1S/C15H15BrFN5O/c1-2-22-8-19-21-14(22)3-4-18-15(23)13-7-10-11(17)5-9(16)6-12(10)20-13/h5-8,20H,2-4H2,1H3,(H,18,23). The highest BCUT2D eigenvalue weighted by molar-refractivity contribution is 9.10. The normalized spacial score (nSPS) is 11.1. The lowest BCUT2D eigenvalue weighted by atomic mass is 10.2. The number of benzene rings is 1. The Bertz CT molecular complexity index is 857. The summed E-state index contributed by atoms with van der Waals surface area (Å²) in [6, 6.07) is 4.62. The zero-order valence-corrected chi connectivity index (χ0v) is 14.0. The summed E-state index contributed by atoms with van der Waals surface area (Å²) in [6.07, 6.45) is 2.25. The summed E-state index contributed by atoms with van der Waals surface area (Å²) in [4.78, 5) is 15.1. The van der Waals surface area contributed by atoms with Crippen molar-refractivity contribution in [3.8, 4) is 0 Å². The third-order valence-electron chi connectivity index (χ3n) is 3.57. The third-order valence-corrected chi connectivity index (χ3v) is 4.03. The number of hydrogen-bond donors (Lipinski definition) is 2. The Morgan fingerprint density at radius 3 is 3.04 bits per heavy atom. The predicted molar refractivity (Wildman–Crippen MR) is 87.7 cm³/mol. The molecule has 0 saturated carbocycles. The molecule has 3 rings (SSSR count). The number of nitrogens with zero attached hydrogens (tertiary/aromatic N) is 3. The minimum atomic E-state index is -0.374. The molecule has 0 unspecified atom stereocenters. The lowest BCUT2D eigenvalue weighted by Gasteiger charge is -2.04. The summed E-state index contributed by atoms with van der Waals surface area (Å²) in [5, 5.41) is 11.0. The van der Waals surface area contributed by atoms with Crippen LogP contribution in [-0.4, -0.2) is 32.2 Å². The van der Waals surface area contributed by atoms with E-state index in [1.165, 1.54) is 12.1 Å². The number of aryl methyl sites for hydroxylation is 1. The largest absolute Gasteiger partial charge is 0.350 e. The SMILES string of the molecule is CCn1cnnc1CCNC(=O)c1cc2c(F)cc(Br)cc2[nH]1. The van der Waals surface area contributed by atoms with Crippen LogP contribution in [0.3, 0.4) is 0 Å². The molecule has 8 heteroatoms. The number of nitrogens with one attached hydrogen (secondary N) is 2. The van der Waals surface area contributed by atoms with Crippen molar-refractivity contribution in [3.63, 3.8) is 0 Å². The van der Waals surface area contributed by atoms with Crippen molar-refractivity contribution in [1.82, 2.24) is 25.1 Å². The number of aromatic amines is 1.